The van der Waals surface area contributed by atoms with Crippen LogP contribution in [0.3, 0.4) is 0 Å². The minimum atomic E-state index is 0.0768. The van der Waals surface area contributed by atoms with Crippen LogP contribution in [-0.4, -0.2) is 51.5 Å². The van der Waals surface area contributed by atoms with Gasteiger partial charge in [0.15, 0.2) is 11.5 Å². The lowest BCUT2D eigenvalue weighted by atomic mass is 10.0. The Balaban J connectivity index is 1.57. The molecule has 0 bridgehead atoms. The summed E-state index contributed by atoms with van der Waals surface area (Å²) in [5, 5.41) is 3.42. The number of rotatable bonds is 7. The van der Waals surface area contributed by atoms with E-state index in [0.717, 1.165) is 38.4 Å². The van der Waals surface area contributed by atoms with E-state index in [1.54, 1.807) is 12.0 Å². The first kappa shape index (κ1) is 16.1. The van der Waals surface area contributed by atoms with E-state index in [1.807, 2.05) is 18.2 Å². The molecule has 23 heavy (non-hydrogen) atoms. The van der Waals surface area contributed by atoms with E-state index >= 15 is 0 Å². The molecule has 0 atom stereocenters. The molecule has 3 rings (SSSR count). The van der Waals surface area contributed by atoms with E-state index in [0.29, 0.717) is 24.5 Å². The molecule has 126 valence electrons. The number of benzene rings is 1. The van der Waals surface area contributed by atoms with Crippen LogP contribution in [0.2, 0.25) is 0 Å². The van der Waals surface area contributed by atoms with Gasteiger partial charge in [0.25, 0.3) is 0 Å². The molecule has 2 fully saturated rings. The molecule has 0 saturated carbocycles. The van der Waals surface area contributed by atoms with Crippen LogP contribution in [0.5, 0.6) is 11.5 Å². The lowest BCUT2D eigenvalue weighted by Crippen LogP contribution is -2.58. The number of ether oxygens (including phenoxy) is 3. The van der Waals surface area contributed by atoms with E-state index in [1.165, 1.54) is 0 Å². The third-order valence-electron chi connectivity index (χ3n) is 4.28. The second-order valence-corrected chi connectivity index (χ2v) is 6.31. The van der Waals surface area contributed by atoms with Gasteiger partial charge in [0.05, 0.1) is 25.9 Å². The summed E-state index contributed by atoms with van der Waals surface area (Å²) >= 11 is 0. The highest BCUT2D eigenvalue weighted by molar-refractivity contribution is 5.95. The Bertz CT molecular complexity index is 572. The minimum Gasteiger partial charge on any atom is -0.493 e. The molecule has 0 aromatic heterocycles. The Labute approximate surface area is 136 Å². The molecule has 2 heterocycles. The fraction of sp³-hybridized carbons (Fsp3) is 0.588. The first-order valence-corrected chi connectivity index (χ1v) is 8.05. The molecule has 2 aliphatic rings. The zero-order valence-electron chi connectivity index (χ0n) is 13.8. The van der Waals surface area contributed by atoms with Gasteiger partial charge in [-0.05, 0) is 25.5 Å². The lowest BCUT2D eigenvalue weighted by molar-refractivity contribution is -0.117. The molecule has 0 spiro atoms. The van der Waals surface area contributed by atoms with Crippen LogP contribution >= 0.6 is 0 Å². The monoisotopic (exact) mass is 320 g/mol. The van der Waals surface area contributed by atoms with Crippen LogP contribution in [0, 0.1) is 0 Å². The van der Waals surface area contributed by atoms with Crippen molar-refractivity contribution in [3.63, 3.8) is 0 Å². The van der Waals surface area contributed by atoms with Crippen molar-refractivity contribution in [1.29, 1.82) is 0 Å². The normalized spacial score (nSPS) is 19.6. The quantitative estimate of drug-likeness (QED) is 0.773. The average molecular weight is 320 g/mol. The van der Waals surface area contributed by atoms with Crippen molar-refractivity contribution >= 4 is 11.6 Å². The van der Waals surface area contributed by atoms with Crippen LogP contribution in [-0.2, 0) is 9.53 Å². The van der Waals surface area contributed by atoms with Gasteiger partial charge < -0.3 is 24.4 Å². The Morgan fingerprint density at radius 1 is 1.35 bits per heavy atom. The van der Waals surface area contributed by atoms with Gasteiger partial charge in [-0.3, -0.25) is 4.79 Å². The fourth-order valence-electron chi connectivity index (χ4n) is 2.89. The predicted molar refractivity (Wildman–Crippen MR) is 87.3 cm³/mol. The SMILES string of the molecule is COc1cc(N2CCCC2=O)ccc1OCCNC1(C)COC1. The van der Waals surface area contributed by atoms with Crippen LogP contribution in [0.4, 0.5) is 5.69 Å². The molecule has 0 unspecified atom stereocenters. The van der Waals surface area contributed by atoms with Crippen molar-refractivity contribution in [2.75, 3.05) is 44.9 Å². The lowest BCUT2D eigenvalue weighted by Gasteiger charge is -2.38. The summed E-state index contributed by atoms with van der Waals surface area (Å²) in [7, 11) is 1.61. The highest BCUT2D eigenvalue weighted by atomic mass is 16.5. The zero-order chi connectivity index (χ0) is 16.3. The maximum Gasteiger partial charge on any atom is 0.227 e. The molecule has 1 N–H and O–H groups in total. The topological polar surface area (TPSA) is 60.0 Å². The Hall–Kier alpha value is -1.79. The highest BCUT2D eigenvalue weighted by Crippen LogP contribution is 2.33. The molecule has 1 aromatic carbocycles. The number of nitrogens with one attached hydrogen (secondary N) is 1. The van der Waals surface area contributed by atoms with Crippen molar-refractivity contribution in [3.8, 4) is 11.5 Å². The van der Waals surface area contributed by atoms with Crippen LogP contribution in [0.15, 0.2) is 18.2 Å². The van der Waals surface area contributed by atoms with Crippen LogP contribution in [0.1, 0.15) is 19.8 Å². The standard InChI is InChI=1S/C17H24N2O4/c1-17(11-22-12-17)18-7-9-23-14-6-5-13(10-15(14)21-2)19-8-3-4-16(19)20/h5-6,10,18H,3-4,7-9,11-12H2,1-2H3. The summed E-state index contributed by atoms with van der Waals surface area (Å²) in [5.74, 6) is 1.51. The number of nitrogens with zero attached hydrogens (tertiary/aromatic N) is 1. The maximum atomic E-state index is 11.8. The van der Waals surface area contributed by atoms with E-state index in [4.69, 9.17) is 14.2 Å². The third kappa shape index (κ3) is 3.59. The Morgan fingerprint density at radius 2 is 2.17 bits per heavy atom. The average Bonchev–Trinajstić information content (AvgIpc) is 2.96. The number of carbonyl (C=O) groups is 1. The maximum absolute atomic E-state index is 11.8. The number of hydrogen-bond donors (Lipinski definition) is 1. The van der Waals surface area contributed by atoms with Gasteiger partial charge in [0.2, 0.25) is 5.91 Å². The van der Waals surface area contributed by atoms with Gasteiger partial charge in [-0.15, -0.1) is 0 Å². The molecule has 2 saturated heterocycles. The molecule has 6 nitrogen and oxygen atoms in total. The molecule has 0 radical (unpaired) electrons. The molecule has 6 heteroatoms. The van der Waals surface area contributed by atoms with Gasteiger partial charge in [0, 0.05) is 31.3 Å². The Kier molecular flexibility index (Phi) is 4.73. The molecular formula is C17H24N2O4. The van der Waals surface area contributed by atoms with Crippen molar-refractivity contribution in [3.05, 3.63) is 18.2 Å². The largest absolute Gasteiger partial charge is 0.493 e. The molecule has 1 aromatic rings. The summed E-state index contributed by atoms with van der Waals surface area (Å²) in [5.41, 5.74) is 0.946. The molecule has 2 aliphatic heterocycles. The Morgan fingerprint density at radius 3 is 2.78 bits per heavy atom. The second-order valence-electron chi connectivity index (χ2n) is 6.31. The molecule has 1 amide bonds. The highest BCUT2D eigenvalue weighted by Gasteiger charge is 2.32. The minimum absolute atomic E-state index is 0.0768. The van der Waals surface area contributed by atoms with E-state index < -0.39 is 0 Å². The first-order chi connectivity index (χ1) is 11.1. The van der Waals surface area contributed by atoms with Crippen LogP contribution < -0.4 is 19.7 Å². The predicted octanol–water partition coefficient (Wildman–Crippen LogP) is 1.58. The number of carbonyl (C=O) groups excluding carboxylic acids is 1. The van der Waals surface area contributed by atoms with Crippen molar-refractivity contribution in [2.24, 2.45) is 0 Å². The zero-order valence-corrected chi connectivity index (χ0v) is 13.8. The van der Waals surface area contributed by atoms with E-state index in [9.17, 15) is 4.79 Å². The second kappa shape index (κ2) is 6.76. The van der Waals surface area contributed by atoms with Gasteiger partial charge in [0.1, 0.15) is 6.61 Å². The van der Waals surface area contributed by atoms with Gasteiger partial charge in [-0.2, -0.15) is 0 Å². The van der Waals surface area contributed by atoms with Gasteiger partial charge in [-0.25, -0.2) is 0 Å². The molecular weight excluding hydrogens is 296 g/mol. The van der Waals surface area contributed by atoms with E-state index in [-0.39, 0.29) is 11.4 Å². The summed E-state index contributed by atoms with van der Waals surface area (Å²) in [4.78, 5) is 13.6. The first-order valence-electron chi connectivity index (χ1n) is 8.05. The van der Waals surface area contributed by atoms with Gasteiger partial charge >= 0.3 is 0 Å². The number of anilines is 1. The summed E-state index contributed by atoms with van der Waals surface area (Å²) in [6.07, 6.45) is 1.53. The van der Waals surface area contributed by atoms with Crippen LogP contribution in [0.25, 0.3) is 0 Å². The van der Waals surface area contributed by atoms with Crippen molar-refractivity contribution < 1.29 is 19.0 Å². The van der Waals surface area contributed by atoms with Gasteiger partial charge in [-0.1, -0.05) is 0 Å². The fourth-order valence-corrected chi connectivity index (χ4v) is 2.89. The van der Waals surface area contributed by atoms with Crippen molar-refractivity contribution in [1.82, 2.24) is 5.32 Å². The smallest absolute Gasteiger partial charge is 0.227 e. The summed E-state index contributed by atoms with van der Waals surface area (Å²) in [6, 6.07) is 5.65. The number of hydrogen-bond acceptors (Lipinski definition) is 5. The molecule has 0 aliphatic carbocycles. The third-order valence-corrected chi connectivity index (χ3v) is 4.28. The number of methoxy groups -OCH3 is 1. The van der Waals surface area contributed by atoms with E-state index in [2.05, 4.69) is 12.2 Å². The van der Waals surface area contributed by atoms with Crippen molar-refractivity contribution in [2.45, 2.75) is 25.3 Å². The summed E-state index contributed by atoms with van der Waals surface area (Å²) < 4.78 is 16.4. The summed E-state index contributed by atoms with van der Waals surface area (Å²) in [6.45, 7) is 5.69. The number of amides is 1.